The number of amides is 1. The highest BCUT2D eigenvalue weighted by Gasteiger charge is 2.32. The minimum Gasteiger partial charge on any atom is -0.545 e. The fourth-order valence-corrected chi connectivity index (χ4v) is 6.10. The van der Waals surface area contributed by atoms with Crippen LogP contribution in [0.5, 0.6) is 0 Å². The van der Waals surface area contributed by atoms with E-state index in [2.05, 4.69) is 5.32 Å². The van der Waals surface area contributed by atoms with Crippen molar-refractivity contribution >= 4 is 29.4 Å². The molecule has 46 heavy (non-hydrogen) atoms. The number of carboxylic acids is 1. The lowest BCUT2D eigenvalue weighted by Gasteiger charge is -2.28. The lowest BCUT2D eigenvalue weighted by Crippen LogP contribution is -2.33. The van der Waals surface area contributed by atoms with Gasteiger partial charge in [0, 0.05) is 48.0 Å². The molecule has 1 aliphatic heterocycles. The van der Waals surface area contributed by atoms with Crippen LogP contribution in [-0.2, 0) is 30.3 Å². The Hall–Kier alpha value is -4.37. The number of ether oxygens (including phenoxy) is 1. The molecule has 1 amide bonds. The number of aliphatic hydroxyl groups excluding tert-OH is 1. The molecule has 246 valence electrons. The maximum atomic E-state index is 13.8. The number of Topliss-reactive ketones (excluding diaryl/α,β-unsaturated/α-hetero) is 1. The van der Waals surface area contributed by atoms with Gasteiger partial charge in [0.25, 0.3) is 5.91 Å². The summed E-state index contributed by atoms with van der Waals surface area (Å²) in [6.07, 6.45) is 7.68. The number of ketones is 2. The van der Waals surface area contributed by atoms with Gasteiger partial charge in [-0.2, -0.15) is 0 Å². The van der Waals surface area contributed by atoms with E-state index in [4.69, 9.17) is 4.74 Å². The molecule has 2 N–H and O–H groups in total. The Bertz CT molecular complexity index is 1520. The van der Waals surface area contributed by atoms with Crippen molar-refractivity contribution in [2.75, 3.05) is 0 Å². The predicted molar refractivity (Wildman–Crippen MR) is 172 cm³/mol. The van der Waals surface area contributed by atoms with Gasteiger partial charge in [-0.1, -0.05) is 76.3 Å². The van der Waals surface area contributed by atoms with Gasteiger partial charge in [0.05, 0.1) is 17.8 Å². The molecular weight excluding hydrogens is 586 g/mol. The number of hydrogen-bond acceptors (Lipinski definition) is 8. The molecule has 1 heterocycles. The van der Waals surface area contributed by atoms with Crippen LogP contribution >= 0.6 is 0 Å². The molecule has 1 aromatic rings. The molecule has 1 unspecified atom stereocenters. The first-order valence-corrected chi connectivity index (χ1v) is 15.6. The number of aromatic carboxylic acids is 1. The van der Waals surface area contributed by atoms with Gasteiger partial charge in [-0.3, -0.25) is 19.2 Å². The van der Waals surface area contributed by atoms with Gasteiger partial charge < -0.3 is 25.1 Å². The summed E-state index contributed by atoms with van der Waals surface area (Å²) < 4.78 is 5.64. The Labute approximate surface area is 270 Å². The number of allylic oxidation sites excluding steroid dienone is 5. The molecule has 9 heteroatoms. The highest BCUT2D eigenvalue weighted by atomic mass is 16.5. The molecule has 0 spiro atoms. The van der Waals surface area contributed by atoms with Crippen molar-refractivity contribution in [2.24, 2.45) is 23.7 Å². The Kier molecular flexibility index (Phi) is 12.4. The third-order valence-corrected chi connectivity index (χ3v) is 8.59. The van der Waals surface area contributed by atoms with E-state index >= 15 is 0 Å². The monoisotopic (exact) mass is 630 g/mol. The van der Waals surface area contributed by atoms with Gasteiger partial charge in [0.15, 0.2) is 5.78 Å². The van der Waals surface area contributed by atoms with Crippen LogP contribution in [0.3, 0.4) is 0 Å². The molecule has 3 rings (SSSR count). The van der Waals surface area contributed by atoms with E-state index in [1.54, 1.807) is 31.2 Å². The smallest absolute Gasteiger partial charge is 0.303 e. The molecule has 0 saturated carbocycles. The van der Waals surface area contributed by atoms with Crippen molar-refractivity contribution in [3.05, 3.63) is 93.8 Å². The van der Waals surface area contributed by atoms with Crippen LogP contribution in [0, 0.1) is 23.7 Å². The first-order chi connectivity index (χ1) is 21.6. The molecule has 2 aliphatic rings. The van der Waals surface area contributed by atoms with Gasteiger partial charge >= 0.3 is 5.97 Å². The summed E-state index contributed by atoms with van der Waals surface area (Å²) in [6, 6.07) is 5.93. The van der Waals surface area contributed by atoms with E-state index < -0.39 is 41.6 Å². The number of hydrogen-bond donors (Lipinski definition) is 2. The maximum absolute atomic E-state index is 13.8. The number of carbonyl (C=O) groups is 5. The summed E-state index contributed by atoms with van der Waals surface area (Å²) in [5.41, 5.74) is 2.17. The van der Waals surface area contributed by atoms with Gasteiger partial charge in [0.2, 0.25) is 5.78 Å². The lowest BCUT2D eigenvalue weighted by molar-refractivity contribution is -0.255. The number of rotatable bonds is 4. The summed E-state index contributed by atoms with van der Waals surface area (Å²) in [7, 11) is 0. The number of nitrogens with one attached hydrogen (secondary N) is 1. The summed E-state index contributed by atoms with van der Waals surface area (Å²) >= 11 is 0. The normalized spacial score (nSPS) is 29.9. The minimum atomic E-state index is -1.32. The van der Waals surface area contributed by atoms with Crippen LogP contribution < -0.4 is 10.4 Å². The molecular formula is C37H44NO8-. The second-order valence-electron chi connectivity index (χ2n) is 12.7. The fraction of sp³-hybridized carbons (Fsp3) is 0.432. The van der Waals surface area contributed by atoms with Crippen LogP contribution in [0.2, 0.25) is 0 Å². The zero-order valence-corrected chi connectivity index (χ0v) is 27.6. The zero-order valence-electron chi connectivity index (χ0n) is 27.6. The van der Waals surface area contributed by atoms with Crippen molar-refractivity contribution < 1.29 is 38.9 Å². The van der Waals surface area contributed by atoms with Crippen LogP contribution in [-0.4, -0.2) is 46.7 Å². The van der Waals surface area contributed by atoms with E-state index in [0.717, 1.165) is 11.6 Å². The summed E-state index contributed by atoms with van der Waals surface area (Å²) in [5.74, 6) is -3.99. The molecule has 6 atom stereocenters. The molecule has 2 bridgehead atoms. The van der Waals surface area contributed by atoms with Crippen molar-refractivity contribution in [2.45, 2.75) is 79.9 Å². The Balaban J connectivity index is 2.05. The van der Waals surface area contributed by atoms with Gasteiger partial charge in [-0.15, -0.1) is 0 Å². The number of aliphatic hydroxyl groups is 1. The average molecular weight is 631 g/mol. The molecule has 1 aliphatic carbocycles. The Morgan fingerprint density at radius 3 is 2.28 bits per heavy atom. The SMILES string of the molecule is CC(=O)O[C@H]1/C(C)=C/[C@H](C)[C@@H](O)C(C)C[C@H](C)CC2=C(Cc3ccc(C(=O)[O-])cc3)C(=O)C=C(NC(=O)/C(C)=C/C=C\[C@@H]1C)C2=O. The minimum absolute atomic E-state index is 0.000630. The van der Waals surface area contributed by atoms with Crippen LogP contribution in [0.25, 0.3) is 0 Å². The first-order valence-electron chi connectivity index (χ1n) is 15.6. The predicted octanol–water partition coefficient (Wildman–Crippen LogP) is 4.12. The summed E-state index contributed by atoms with van der Waals surface area (Å²) in [6.45, 7) is 12.5. The second-order valence-corrected chi connectivity index (χ2v) is 12.7. The van der Waals surface area contributed by atoms with Gasteiger partial charge in [-0.25, -0.2) is 0 Å². The molecule has 0 fully saturated rings. The van der Waals surface area contributed by atoms with Crippen LogP contribution in [0.15, 0.2) is 82.6 Å². The Morgan fingerprint density at radius 1 is 1.02 bits per heavy atom. The standard InChI is InChI=1S/C37H45NO8/c1-20-15-23(4)33(41)24(5)17-25(6)35(46-26(7)39)21(2)9-8-10-22(3)36(43)38-31-19-32(40)29(30(16-20)34(31)42)18-27-11-13-28(14-12-27)37(44)45/h8-14,17,19-21,23-24,33,35,41H,15-16,18H2,1-7H3,(H,38,43)(H,44,45)/p-1/b9-8-,22-10+,25-17+/t20-,21-,23?,24-,33-,35+/m0/s1. The number of carbonyl (C=O) groups excluding carboxylic acids is 5. The molecule has 9 nitrogen and oxygen atoms in total. The van der Waals surface area contributed by atoms with E-state index in [1.165, 1.54) is 19.1 Å². The van der Waals surface area contributed by atoms with Crippen molar-refractivity contribution in [1.82, 2.24) is 5.32 Å². The van der Waals surface area contributed by atoms with Crippen molar-refractivity contribution in [1.29, 1.82) is 0 Å². The largest absolute Gasteiger partial charge is 0.545 e. The van der Waals surface area contributed by atoms with Crippen LogP contribution in [0.1, 0.15) is 77.2 Å². The van der Waals surface area contributed by atoms with E-state index in [0.29, 0.717) is 17.6 Å². The average Bonchev–Trinajstić information content (AvgIpc) is 2.98. The van der Waals surface area contributed by atoms with Crippen LogP contribution in [0.4, 0.5) is 0 Å². The van der Waals surface area contributed by atoms with E-state index in [1.807, 2.05) is 46.8 Å². The number of carboxylic acid groups (broad SMARTS) is 1. The van der Waals surface area contributed by atoms with Crippen molar-refractivity contribution in [3.8, 4) is 0 Å². The highest BCUT2D eigenvalue weighted by molar-refractivity contribution is 6.24. The molecule has 0 saturated heterocycles. The molecule has 0 radical (unpaired) electrons. The third kappa shape index (κ3) is 9.33. The van der Waals surface area contributed by atoms with E-state index in [9.17, 15) is 34.2 Å². The number of fused-ring (bicyclic) bond motifs is 2. The Morgan fingerprint density at radius 2 is 1.67 bits per heavy atom. The second kappa shape index (κ2) is 15.8. The van der Waals surface area contributed by atoms with Crippen molar-refractivity contribution in [3.63, 3.8) is 0 Å². The highest BCUT2D eigenvalue weighted by Crippen LogP contribution is 2.32. The first kappa shape index (κ1) is 36.1. The summed E-state index contributed by atoms with van der Waals surface area (Å²) in [4.78, 5) is 63.5. The number of benzene rings is 1. The molecule has 0 aromatic heterocycles. The van der Waals surface area contributed by atoms with Gasteiger partial charge in [-0.05, 0) is 55.2 Å². The topological polar surface area (TPSA) is 150 Å². The van der Waals surface area contributed by atoms with Gasteiger partial charge in [0.1, 0.15) is 6.10 Å². The summed E-state index contributed by atoms with van der Waals surface area (Å²) in [5, 5.41) is 25.1. The van der Waals surface area contributed by atoms with E-state index in [-0.39, 0.29) is 58.9 Å². The number of esters is 1. The maximum Gasteiger partial charge on any atom is 0.303 e. The molecule has 1 aromatic carbocycles. The fourth-order valence-electron chi connectivity index (χ4n) is 6.10. The quantitative estimate of drug-likeness (QED) is 0.287. The zero-order chi connectivity index (χ0) is 34.3. The lowest BCUT2D eigenvalue weighted by atomic mass is 9.80. The third-order valence-electron chi connectivity index (χ3n) is 8.59.